The number of rotatable bonds is 6. The summed E-state index contributed by atoms with van der Waals surface area (Å²) in [6, 6.07) is 8.74. The second-order valence-corrected chi connectivity index (χ2v) is 8.27. The van der Waals surface area contributed by atoms with E-state index in [-0.39, 0.29) is 11.4 Å². The van der Waals surface area contributed by atoms with E-state index < -0.39 is 16.1 Å². The van der Waals surface area contributed by atoms with E-state index in [1.54, 1.807) is 12.1 Å². The molecule has 0 saturated heterocycles. The summed E-state index contributed by atoms with van der Waals surface area (Å²) in [5.74, 6) is 0.355. The van der Waals surface area contributed by atoms with Crippen LogP contribution in [0, 0.1) is 6.92 Å². The zero-order chi connectivity index (χ0) is 16.3. The van der Waals surface area contributed by atoms with Crippen molar-refractivity contribution in [1.29, 1.82) is 0 Å². The van der Waals surface area contributed by atoms with Gasteiger partial charge in [0.1, 0.15) is 6.10 Å². The summed E-state index contributed by atoms with van der Waals surface area (Å²) in [5.41, 5.74) is 2.06. The van der Waals surface area contributed by atoms with Crippen molar-refractivity contribution >= 4 is 21.4 Å². The molecule has 2 aromatic rings. The number of hydrogen-bond donors (Lipinski definition) is 2. The molecule has 0 aliphatic carbocycles. The normalized spacial score (nSPS) is 13.5. The second-order valence-electron chi connectivity index (χ2n) is 5.56. The molecule has 0 aliphatic heterocycles. The Labute approximate surface area is 135 Å². The summed E-state index contributed by atoms with van der Waals surface area (Å²) in [4.78, 5) is 1.00. The van der Waals surface area contributed by atoms with E-state index in [9.17, 15) is 13.5 Å². The Kier molecular flexibility index (Phi) is 5.39. The largest absolute Gasteiger partial charge is 0.386 e. The zero-order valence-electron chi connectivity index (χ0n) is 12.9. The van der Waals surface area contributed by atoms with E-state index >= 15 is 0 Å². The second kappa shape index (κ2) is 6.91. The molecular weight excluding hydrogens is 318 g/mol. The minimum Gasteiger partial charge on any atom is -0.386 e. The van der Waals surface area contributed by atoms with Crippen LogP contribution in [-0.2, 0) is 10.0 Å². The molecule has 6 heteroatoms. The first-order chi connectivity index (χ1) is 10.3. The van der Waals surface area contributed by atoms with Crippen LogP contribution in [0.15, 0.2) is 40.6 Å². The first-order valence-electron chi connectivity index (χ1n) is 7.13. The topological polar surface area (TPSA) is 66.4 Å². The predicted molar refractivity (Wildman–Crippen MR) is 89.7 cm³/mol. The number of aryl methyl sites for hydroxylation is 1. The third-order valence-electron chi connectivity index (χ3n) is 3.53. The highest BCUT2D eigenvalue weighted by molar-refractivity contribution is 7.89. The summed E-state index contributed by atoms with van der Waals surface area (Å²) in [5, 5.41) is 12.0. The highest BCUT2D eigenvalue weighted by atomic mass is 32.2. The maximum absolute atomic E-state index is 12.3. The van der Waals surface area contributed by atoms with Crippen molar-refractivity contribution in [3.8, 4) is 0 Å². The maximum Gasteiger partial charge on any atom is 0.240 e. The lowest BCUT2D eigenvalue weighted by Gasteiger charge is -2.13. The molecule has 0 fully saturated rings. The Morgan fingerprint density at radius 1 is 1.18 bits per heavy atom. The summed E-state index contributed by atoms with van der Waals surface area (Å²) >= 11 is 1.42. The molecule has 1 atom stereocenters. The van der Waals surface area contributed by atoms with E-state index in [1.165, 1.54) is 11.3 Å². The lowest BCUT2D eigenvalue weighted by molar-refractivity contribution is 0.185. The van der Waals surface area contributed by atoms with E-state index in [0.29, 0.717) is 5.92 Å². The molecule has 22 heavy (non-hydrogen) atoms. The minimum atomic E-state index is -3.61. The molecule has 4 nitrogen and oxygen atoms in total. The number of aliphatic hydroxyl groups is 1. The molecule has 1 aromatic heterocycles. The molecule has 0 aliphatic rings. The SMILES string of the molecule is Cc1ccsc1C(O)CNS(=O)(=O)c1ccc(C(C)C)cc1. The van der Waals surface area contributed by atoms with Crippen LogP contribution < -0.4 is 4.72 Å². The van der Waals surface area contributed by atoms with Crippen molar-refractivity contribution in [2.45, 2.75) is 37.7 Å². The van der Waals surface area contributed by atoms with E-state index in [2.05, 4.69) is 18.6 Å². The van der Waals surface area contributed by atoms with Crippen LogP contribution in [-0.4, -0.2) is 20.1 Å². The van der Waals surface area contributed by atoms with Gasteiger partial charge in [-0.25, -0.2) is 13.1 Å². The summed E-state index contributed by atoms with van der Waals surface area (Å²) in [6.45, 7) is 5.98. The van der Waals surface area contributed by atoms with Crippen LogP contribution in [0.1, 0.15) is 41.9 Å². The molecule has 1 unspecified atom stereocenters. The van der Waals surface area contributed by atoms with Crippen LogP contribution >= 0.6 is 11.3 Å². The van der Waals surface area contributed by atoms with Gasteiger partial charge >= 0.3 is 0 Å². The Hall–Kier alpha value is -1.21. The first kappa shape index (κ1) is 17.1. The highest BCUT2D eigenvalue weighted by Crippen LogP contribution is 2.24. The molecule has 1 heterocycles. The summed E-state index contributed by atoms with van der Waals surface area (Å²) in [7, 11) is -3.61. The summed E-state index contributed by atoms with van der Waals surface area (Å²) in [6.07, 6.45) is -0.829. The van der Waals surface area contributed by atoms with Crippen molar-refractivity contribution < 1.29 is 13.5 Å². The molecule has 0 spiro atoms. The van der Waals surface area contributed by atoms with Crippen molar-refractivity contribution in [1.82, 2.24) is 4.72 Å². The number of thiophene rings is 1. The zero-order valence-corrected chi connectivity index (χ0v) is 14.5. The van der Waals surface area contributed by atoms with Crippen LogP contribution in [0.5, 0.6) is 0 Å². The van der Waals surface area contributed by atoms with Gasteiger partial charge < -0.3 is 5.11 Å². The van der Waals surface area contributed by atoms with Crippen molar-refractivity contribution in [2.24, 2.45) is 0 Å². The molecule has 0 saturated carbocycles. The fraction of sp³-hybridized carbons (Fsp3) is 0.375. The fourth-order valence-electron chi connectivity index (χ4n) is 2.12. The Morgan fingerprint density at radius 3 is 2.32 bits per heavy atom. The van der Waals surface area contributed by atoms with Crippen LogP contribution in [0.4, 0.5) is 0 Å². The van der Waals surface area contributed by atoms with Crippen LogP contribution in [0.25, 0.3) is 0 Å². The van der Waals surface area contributed by atoms with Gasteiger partial charge in [0.2, 0.25) is 10.0 Å². The molecule has 0 bridgehead atoms. The molecule has 0 radical (unpaired) electrons. The van der Waals surface area contributed by atoms with Crippen molar-refractivity contribution in [2.75, 3.05) is 6.54 Å². The smallest absolute Gasteiger partial charge is 0.240 e. The van der Waals surface area contributed by atoms with E-state index in [4.69, 9.17) is 0 Å². The standard InChI is InChI=1S/C16H21NO3S2/c1-11(2)13-4-6-14(7-5-13)22(19,20)17-10-15(18)16-12(3)8-9-21-16/h4-9,11,15,17-18H,10H2,1-3H3. The molecule has 1 aromatic carbocycles. The van der Waals surface area contributed by atoms with E-state index in [1.807, 2.05) is 30.5 Å². The average molecular weight is 339 g/mol. The van der Waals surface area contributed by atoms with Gasteiger partial charge in [0.15, 0.2) is 0 Å². The van der Waals surface area contributed by atoms with Crippen LogP contribution in [0.3, 0.4) is 0 Å². The lowest BCUT2D eigenvalue weighted by Crippen LogP contribution is -2.28. The van der Waals surface area contributed by atoms with Gasteiger partial charge in [0.05, 0.1) is 4.90 Å². The predicted octanol–water partition coefficient (Wildman–Crippen LogP) is 3.19. The third-order valence-corrected chi connectivity index (χ3v) is 6.09. The summed E-state index contributed by atoms with van der Waals surface area (Å²) < 4.78 is 27.0. The number of hydrogen-bond acceptors (Lipinski definition) is 4. The highest BCUT2D eigenvalue weighted by Gasteiger charge is 2.18. The van der Waals surface area contributed by atoms with Crippen LogP contribution in [0.2, 0.25) is 0 Å². The van der Waals surface area contributed by atoms with Gasteiger partial charge in [-0.2, -0.15) is 0 Å². The van der Waals surface area contributed by atoms with E-state index in [0.717, 1.165) is 16.0 Å². The lowest BCUT2D eigenvalue weighted by atomic mass is 10.0. The molecule has 0 amide bonds. The quantitative estimate of drug-likeness (QED) is 0.849. The van der Waals surface area contributed by atoms with Crippen molar-refractivity contribution in [3.63, 3.8) is 0 Å². The van der Waals surface area contributed by atoms with Gasteiger partial charge in [-0.05, 0) is 47.5 Å². The Bertz CT molecular complexity index is 718. The molecule has 2 rings (SSSR count). The molecular formula is C16H21NO3S2. The number of benzene rings is 1. The molecule has 120 valence electrons. The van der Waals surface area contributed by atoms with Gasteiger partial charge in [-0.15, -0.1) is 11.3 Å². The molecule has 2 N–H and O–H groups in total. The van der Waals surface area contributed by atoms with Gasteiger partial charge in [-0.3, -0.25) is 0 Å². The van der Waals surface area contributed by atoms with Crippen molar-refractivity contribution in [3.05, 3.63) is 51.7 Å². The average Bonchev–Trinajstić information content (AvgIpc) is 2.91. The monoisotopic (exact) mass is 339 g/mol. The number of aliphatic hydroxyl groups excluding tert-OH is 1. The number of nitrogens with one attached hydrogen (secondary N) is 1. The Morgan fingerprint density at radius 2 is 1.82 bits per heavy atom. The maximum atomic E-state index is 12.3. The minimum absolute atomic E-state index is 0.0321. The van der Waals surface area contributed by atoms with Gasteiger partial charge in [0.25, 0.3) is 0 Å². The number of sulfonamides is 1. The Balaban J connectivity index is 2.06. The fourth-order valence-corrected chi connectivity index (χ4v) is 4.07. The third kappa shape index (κ3) is 3.95. The van der Waals surface area contributed by atoms with Gasteiger partial charge in [-0.1, -0.05) is 26.0 Å². The van der Waals surface area contributed by atoms with Gasteiger partial charge in [0, 0.05) is 11.4 Å². The first-order valence-corrected chi connectivity index (χ1v) is 9.49.